The van der Waals surface area contributed by atoms with E-state index in [9.17, 15) is 0 Å². The SMILES string of the molecule is Cc1nc(N2CCOCC2)c2c(Br)cn(C)c2n1. The van der Waals surface area contributed by atoms with Gasteiger partial charge in [-0.2, -0.15) is 0 Å². The first kappa shape index (κ1) is 11.9. The van der Waals surface area contributed by atoms with Crippen molar-refractivity contribution in [3.63, 3.8) is 0 Å². The maximum absolute atomic E-state index is 5.40. The first-order chi connectivity index (χ1) is 8.66. The average molecular weight is 311 g/mol. The minimum absolute atomic E-state index is 0.759. The third-order valence-electron chi connectivity index (χ3n) is 3.17. The summed E-state index contributed by atoms with van der Waals surface area (Å²) in [5.74, 6) is 1.81. The zero-order valence-electron chi connectivity index (χ0n) is 10.5. The lowest BCUT2D eigenvalue weighted by atomic mass is 10.3. The molecule has 0 aliphatic carbocycles. The van der Waals surface area contributed by atoms with Crippen molar-refractivity contribution >= 4 is 32.8 Å². The molecule has 3 rings (SSSR count). The van der Waals surface area contributed by atoms with Crippen LogP contribution in [0.3, 0.4) is 0 Å². The van der Waals surface area contributed by atoms with E-state index in [1.165, 1.54) is 0 Å². The van der Waals surface area contributed by atoms with Gasteiger partial charge in [-0.15, -0.1) is 0 Å². The Bertz CT molecular complexity index is 589. The second-order valence-electron chi connectivity index (χ2n) is 4.48. The van der Waals surface area contributed by atoms with Gasteiger partial charge >= 0.3 is 0 Å². The highest BCUT2D eigenvalue weighted by Crippen LogP contribution is 2.32. The van der Waals surface area contributed by atoms with Gasteiger partial charge < -0.3 is 14.2 Å². The van der Waals surface area contributed by atoms with Crippen LogP contribution in [0.1, 0.15) is 5.82 Å². The number of ether oxygens (including phenoxy) is 1. The zero-order chi connectivity index (χ0) is 12.7. The number of hydrogen-bond donors (Lipinski definition) is 0. The summed E-state index contributed by atoms with van der Waals surface area (Å²) < 4.78 is 8.47. The average Bonchev–Trinajstić information content (AvgIpc) is 2.65. The number of halogens is 1. The van der Waals surface area contributed by atoms with E-state index in [1.807, 2.05) is 24.7 Å². The van der Waals surface area contributed by atoms with Crippen molar-refractivity contribution < 1.29 is 4.74 Å². The molecule has 2 aromatic heterocycles. The Labute approximate surface area is 114 Å². The molecule has 1 saturated heterocycles. The Morgan fingerprint density at radius 1 is 1.28 bits per heavy atom. The first-order valence-corrected chi connectivity index (χ1v) is 6.78. The molecular formula is C12H15BrN4O. The van der Waals surface area contributed by atoms with Gasteiger partial charge in [-0.1, -0.05) is 0 Å². The van der Waals surface area contributed by atoms with Crippen LogP contribution in [0, 0.1) is 6.92 Å². The largest absolute Gasteiger partial charge is 0.378 e. The number of aryl methyl sites for hydroxylation is 2. The van der Waals surface area contributed by atoms with Crippen LogP contribution in [0.25, 0.3) is 11.0 Å². The lowest BCUT2D eigenvalue weighted by Crippen LogP contribution is -2.37. The molecule has 18 heavy (non-hydrogen) atoms. The fourth-order valence-electron chi connectivity index (χ4n) is 2.31. The number of hydrogen-bond acceptors (Lipinski definition) is 4. The molecule has 0 bridgehead atoms. The second kappa shape index (κ2) is 4.51. The van der Waals surface area contributed by atoms with Crippen LogP contribution in [-0.4, -0.2) is 40.8 Å². The minimum atomic E-state index is 0.759. The molecule has 96 valence electrons. The number of aromatic nitrogens is 3. The lowest BCUT2D eigenvalue weighted by molar-refractivity contribution is 0.122. The highest BCUT2D eigenvalue weighted by molar-refractivity contribution is 9.10. The molecule has 1 aliphatic heterocycles. The van der Waals surface area contributed by atoms with Gasteiger partial charge in [0.2, 0.25) is 0 Å². The zero-order valence-corrected chi connectivity index (χ0v) is 12.1. The molecule has 6 heteroatoms. The van der Waals surface area contributed by atoms with E-state index in [-0.39, 0.29) is 0 Å². The van der Waals surface area contributed by atoms with Crippen LogP contribution >= 0.6 is 15.9 Å². The van der Waals surface area contributed by atoms with Crippen LogP contribution in [0.5, 0.6) is 0 Å². The Balaban J connectivity index is 2.20. The summed E-state index contributed by atoms with van der Waals surface area (Å²) in [5.41, 5.74) is 0.968. The molecule has 0 radical (unpaired) electrons. The second-order valence-corrected chi connectivity index (χ2v) is 5.33. The van der Waals surface area contributed by atoms with Gasteiger partial charge in [0, 0.05) is 30.8 Å². The number of fused-ring (bicyclic) bond motifs is 1. The molecule has 0 N–H and O–H groups in total. The van der Waals surface area contributed by atoms with Gasteiger partial charge in [0.1, 0.15) is 17.3 Å². The summed E-state index contributed by atoms with van der Waals surface area (Å²) in [5, 5.41) is 1.09. The number of anilines is 1. The quantitative estimate of drug-likeness (QED) is 0.806. The maximum Gasteiger partial charge on any atom is 0.146 e. The first-order valence-electron chi connectivity index (χ1n) is 5.98. The van der Waals surface area contributed by atoms with Gasteiger partial charge in [-0.3, -0.25) is 0 Å². The molecule has 0 aromatic carbocycles. The van der Waals surface area contributed by atoms with Crippen molar-refractivity contribution in [3.05, 3.63) is 16.5 Å². The van der Waals surface area contributed by atoms with Crippen LogP contribution in [0.4, 0.5) is 5.82 Å². The summed E-state index contributed by atoms with van der Waals surface area (Å²) >= 11 is 3.60. The van der Waals surface area contributed by atoms with Crippen molar-refractivity contribution in [1.82, 2.24) is 14.5 Å². The molecule has 0 saturated carbocycles. The van der Waals surface area contributed by atoms with E-state index in [0.717, 1.165) is 53.5 Å². The van der Waals surface area contributed by atoms with Gasteiger partial charge in [-0.05, 0) is 22.9 Å². The summed E-state index contributed by atoms with van der Waals surface area (Å²) in [6, 6.07) is 0. The lowest BCUT2D eigenvalue weighted by Gasteiger charge is -2.28. The number of rotatable bonds is 1. The van der Waals surface area contributed by atoms with E-state index < -0.39 is 0 Å². The predicted molar refractivity (Wildman–Crippen MR) is 74.0 cm³/mol. The highest BCUT2D eigenvalue weighted by Gasteiger charge is 2.20. The van der Waals surface area contributed by atoms with Crippen LogP contribution in [0.2, 0.25) is 0 Å². The molecular weight excluding hydrogens is 296 g/mol. The van der Waals surface area contributed by atoms with E-state index >= 15 is 0 Å². The summed E-state index contributed by atoms with van der Waals surface area (Å²) in [4.78, 5) is 11.4. The van der Waals surface area contributed by atoms with Gasteiger partial charge in [0.05, 0.1) is 18.6 Å². The van der Waals surface area contributed by atoms with Crippen molar-refractivity contribution in [2.45, 2.75) is 6.92 Å². The van der Waals surface area contributed by atoms with Crippen LogP contribution in [0.15, 0.2) is 10.7 Å². The van der Waals surface area contributed by atoms with E-state index in [4.69, 9.17) is 4.74 Å². The summed E-state index contributed by atoms with van der Waals surface area (Å²) in [6.07, 6.45) is 2.03. The molecule has 0 unspecified atom stereocenters. The Morgan fingerprint density at radius 2 is 2.00 bits per heavy atom. The van der Waals surface area contributed by atoms with Crippen molar-refractivity contribution in [1.29, 1.82) is 0 Å². The molecule has 3 heterocycles. The smallest absolute Gasteiger partial charge is 0.146 e. The number of morpholine rings is 1. The summed E-state index contributed by atoms with van der Waals surface area (Å²) in [6.45, 7) is 5.22. The number of nitrogens with zero attached hydrogens (tertiary/aromatic N) is 4. The van der Waals surface area contributed by atoms with Crippen molar-refractivity contribution in [2.24, 2.45) is 7.05 Å². The fraction of sp³-hybridized carbons (Fsp3) is 0.500. The molecule has 0 atom stereocenters. The fourth-order valence-corrected chi connectivity index (χ4v) is 2.97. The Morgan fingerprint density at radius 3 is 2.72 bits per heavy atom. The van der Waals surface area contributed by atoms with Crippen molar-refractivity contribution in [3.8, 4) is 0 Å². The summed E-state index contributed by atoms with van der Waals surface area (Å²) in [7, 11) is 2.00. The topological polar surface area (TPSA) is 43.2 Å². The molecule has 1 fully saturated rings. The molecule has 5 nitrogen and oxygen atoms in total. The minimum Gasteiger partial charge on any atom is -0.378 e. The van der Waals surface area contributed by atoms with E-state index in [0.29, 0.717) is 0 Å². The van der Waals surface area contributed by atoms with E-state index in [2.05, 4.69) is 30.8 Å². The van der Waals surface area contributed by atoms with Crippen molar-refractivity contribution in [2.75, 3.05) is 31.2 Å². The predicted octanol–water partition coefficient (Wildman–Crippen LogP) is 1.88. The molecule has 0 spiro atoms. The highest BCUT2D eigenvalue weighted by atomic mass is 79.9. The maximum atomic E-state index is 5.40. The normalized spacial score (nSPS) is 16.5. The molecule has 0 amide bonds. The van der Waals surface area contributed by atoms with Crippen LogP contribution in [-0.2, 0) is 11.8 Å². The van der Waals surface area contributed by atoms with Gasteiger partial charge in [0.25, 0.3) is 0 Å². The van der Waals surface area contributed by atoms with E-state index in [1.54, 1.807) is 0 Å². The van der Waals surface area contributed by atoms with Gasteiger partial charge in [-0.25, -0.2) is 9.97 Å². The van der Waals surface area contributed by atoms with Gasteiger partial charge in [0.15, 0.2) is 0 Å². The molecule has 2 aromatic rings. The third kappa shape index (κ3) is 1.89. The Hall–Kier alpha value is -1.14. The third-order valence-corrected chi connectivity index (χ3v) is 3.77. The Kier molecular flexibility index (Phi) is 2.99. The molecule has 1 aliphatic rings. The standard InChI is InChI=1S/C12H15BrN4O/c1-8-14-11-10(9(13)7-16(11)2)12(15-8)17-3-5-18-6-4-17/h7H,3-6H2,1-2H3. The van der Waals surface area contributed by atoms with Crippen LogP contribution < -0.4 is 4.90 Å². The monoisotopic (exact) mass is 310 g/mol.